The van der Waals surface area contributed by atoms with Crippen molar-refractivity contribution in [3.63, 3.8) is 0 Å². The van der Waals surface area contributed by atoms with E-state index in [1.54, 1.807) is 18.6 Å². The molecule has 1 fully saturated rings. The highest BCUT2D eigenvalue weighted by atomic mass is 16.5. The molecule has 1 aliphatic rings. The zero-order valence-electron chi connectivity index (χ0n) is 12.0. The highest BCUT2D eigenvalue weighted by Gasteiger charge is 2.27. The van der Waals surface area contributed by atoms with E-state index >= 15 is 0 Å². The van der Waals surface area contributed by atoms with Gasteiger partial charge in [-0.1, -0.05) is 0 Å². The number of fused-ring (bicyclic) bond motifs is 1. The second-order valence-electron chi connectivity index (χ2n) is 5.53. The molecular formula is C15H20N4O. The predicted octanol–water partition coefficient (Wildman–Crippen LogP) is 2.28. The Morgan fingerprint density at radius 3 is 3.15 bits per heavy atom. The zero-order valence-corrected chi connectivity index (χ0v) is 12.0. The van der Waals surface area contributed by atoms with Crippen molar-refractivity contribution < 1.29 is 4.74 Å². The standard InChI is InChI=1S/C15H20N4O/c1-11(2)19-7-3-4-13(19)10-20-15-17-9-12-8-16-6-5-14(12)18-15/h5-6,8-9,11,13H,3-4,7,10H2,1-2H3/t13-/m0/s1. The molecule has 0 spiro atoms. The van der Waals surface area contributed by atoms with Gasteiger partial charge in [0.2, 0.25) is 0 Å². The highest BCUT2D eigenvalue weighted by Crippen LogP contribution is 2.20. The molecule has 1 aliphatic heterocycles. The number of hydrogen-bond donors (Lipinski definition) is 0. The summed E-state index contributed by atoms with van der Waals surface area (Å²) >= 11 is 0. The van der Waals surface area contributed by atoms with Gasteiger partial charge in [0.05, 0.1) is 5.52 Å². The van der Waals surface area contributed by atoms with E-state index in [0.717, 1.165) is 17.4 Å². The molecule has 0 unspecified atom stereocenters. The van der Waals surface area contributed by atoms with Crippen LogP contribution in [0.4, 0.5) is 0 Å². The van der Waals surface area contributed by atoms with E-state index in [9.17, 15) is 0 Å². The summed E-state index contributed by atoms with van der Waals surface area (Å²) in [5, 5.41) is 0.935. The molecule has 0 bridgehead atoms. The maximum Gasteiger partial charge on any atom is 0.316 e. The summed E-state index contributed by atoms with van der Waals surface area (Å²) in [5.74, 6) is 0. The van der Waals surface area contributed by atoms with Gasteiger partial charge in [0, 0.05) is 36.1 Å². The first-order valence-corrected chi connectivity index (χ1v) is 7.19. The van der Waals surface area contributed by atoms with Crippen LogP contribution in [0.15, 0.2) is 24.7 Å². The van der Waals surface area contributed by atoms with E-state index in [1.807, 2.05) is 6.07 Å². The first kappa shape index (κ1) is 13.2. The lowest BCUT2D eigenvalue weighted by Gasteiger charge is -2.27. The Balaban J connectivity index is 1.67. The minimum Gasteiger partial charge on any atom is -0.462 e. The SMILES string of the molecule is CC(C)N1CCC[C@H]1COc1ncc2cnccc2n1. The molecule has 1 atom stereocenters. The molecule has 20 heavy (non-hydrogen) atoms. The number of aromatic nitrogens is 3. The van der Waals surface area contributed by atoms with Crippen LogP contribution >= 0.6 is 0 Å². The Labute approximate surface area is 119 Å². The fraction of sp³-hybridized carbons (Fsp3) is 0.533. The first-order valence-electron chi connectivity index (χ1n) is 7.19. The maximum atomic E-state index is 5.79. The van der Waals surface area contributed by atoms with Crippen LogP contribution < -0.4 is 4.74 Å². The third kappa shape index (κ3) is 2.72. The van der Waals surface area contributed by atoms with Crippen LogP contribution in [0.3, 0.4) is 0 Å². The van der Waals surface area contributed by atoms with E-state index in [1.165, 1.54) is 12.8 Å². The van der Waals surface area contributed by atoms with Crippen molar-refractivity contribution in [1.29, 1.82) is 0 Å². The van der Waals surface area contributed by atoms with E-state index in [-0.39, 0.29) is 0 Å². The quantitative estimate of drug-likeness (QED) is 0.854. The van der Waals surface area contributed by atoms with Crippen molar-refractivity contribution in [2.45, 2.75) is 38.8 Å². The molecule has 0 amide bonds. The molecule has 3 rings (SSSR count). The average molecular weight is 272 g/mol. The van der Waals surface area contributed by atoms with Gasteiger partial charge in [-0.2, -0.15) is 4.98 Å². The number of nitrogens with zero attached hydrogens (tertiary/aromatic N) is 4. The predicted molar refractivity (Wildman–Crippen MR) is 77.7 cm³/mol. The molecule has 0 saturated carbocycles. The van der Waals surface area contributed by atoms with Crippen LogP contribution in [-0.2, 0) is 0 Å². The van der Waals surface area contributed by atoms with Crippen molar-refractivity contribution in [3.8, 4) is 6.01 Å². The van der Waals surface area contributed by atoms with Crippen molar-refractivity contribution in [2.75, 3.05) is 13.2 Å². The van der Waals surface area contributed by atoms with Crippen molar-refractivity contribution in [1.82, 2.24) is 19.9 Å². The molecule has 0 N–H and O–H groups in total. The lowest BCUT2D eigenvalue weighted by atomic mass is 10.2. The third-order valence-electron chi connectivity index (χ3n) is 3.85. The van der Waals surface area contributed by atoms with Crippen LogP contribution in [-0.4, -0.2) is 45.1 Å². The smallest absolute Gasteiger partial charge is 0.316 e. The summed E-state index contributed by atoms with van der Waals surface area (Å²) in [6, 6.07) is 3.38. The molecule has 1 saturated heterocycles. The lowest BCUT2D eigenvalue weighted by molar-refractivity contribution is 0.138. The Morgan fingerprint density at radius 1 is 1.40 bits per heavy atom. The molecule has 5 heteroatoms. The van der Waals surface area contributed by atoms with Gasteiger partial charge in [-0.25, -0.2) is 4.98 Å². The third-order valence-corrected chi connectivity index (χ3v) is 3.85. The number of rotatable bonds is 4. The van der Waals surface area contributed by atoms with E-state index in [4.69, 9.17) is 4.74 Å². The molecule has 0 aromatic carbocycles. The Hall–Kier alpha value is -1.75. The summed E-state index contributed by atoms with van der Waals surface area (Å²) in [5.41, 5.74) is 0.872. The number of likely N-dealkylation sites (tertiary alicyclic amines) is 1. The van der Waals surface area contributed by atoms with Crippen molar-refractivity contribution in [3.05, 3.63) is 24.7 Å². The van der Waals surface area contributed by atoms with Gasteiger partial charge in [0.15, 0.2) is 0 Å². The molecule has 106 valence electrons. The molecule has 0 radical (unpaired) electrons. The molecule has 0 aliphatic carbocycles. The molecule has 2 aromatic rings. The average Bonchev–Trinajstić information content (AvgIpc) is 2.93. The number of pyridine rings is 1. The Morgan fingerprint density at radius 2 is 2.30 bits per heavy atom. The van der Waals surface area contributed by atoms with E-state index < -0.39 is 0 Å². The van der Waals surface area contributed by atoms with Crippen LogP contribution in [0.2, 0.25) is 0 Å². The lowest BCUT2D eigenvalue weighted by Crippen LogP contribution is -2.39. The highest BCUT2D eigenvalue weighted by molar-refractivity contribution is 5.76. The molecular weight excluding hydrogens is 252 g/mol. The van der Waals surface area contributed by atoms with Crippen LogP contribution in [0.5, 0.6) is 6.01 Å². The Kier molecular flexibility index (Phi) is 3.78. The van der Waals surface area contributed by atoms with Gasteiger partial charge in [0.25, 0.3) is 0 Å². The molecule has 2 aromatic heterocycles. The van der Waals surface area contributed by atoms with Gasteiger partial charge >= 0.3 is 6.01 Å². The topological polar surface area (TPSA) is 51.1 Å². The summed E-state index contributed by atoms with van der Waals surface area (Å²) in [6.07, 6.45) is 7.69. The van der Waals surface area contributed by atoms with Gasteiger partial charge in [-0.15, -0.1) is 0 Å². The van der Waals surface area contributed by atoms with Crippen LogP contribution in [0, 0.1) is 0 Å². The second-order valence-corrected chi connectivity index (χ2v) is 5.53. The minimum atomic E-state index is 0.458. The van der Waals surface area contributed by atoms with Gasteiger partial charge in [-0.3, -0.25) is 9.88 Å². The van der Waals surface area contributed by atoms with Crippen molar-refractivity contribution >= 4 is 10.9 Å². The normalized spacial score (nSPS) is 19.9. The van der Waals surface area contributed by atoms with Crippen LogP contribution in [0.25, 0.3) is 10.9 Å². The first-order chi connectivity index (χ1) is 9.74. The maximum absolute atomic E-state index is 5.79. The van der Waals surface area contributed by atoms with E-state index in [0.29, 0.717) is 24.7 Å². The summed E-state index contributed by atoms with van der Waals surface area (Å²) < 4.78 is 5.79. The van der Waals surface area contributed by atoms with Crippen molar-refractivity contribution in [2.24, 2.45) is 0 Å². The fourth-order valence-corrected chi connectivity index (χ4v) is 2.81. The van der Waals surface area contributed by atoms with Crippen LogP contribution in [0.1, 0.15) is 26.7 Å². The van der Waals surface area contributed by atoms with Gasteiger partial charge < -0.3 is 4.74 Å². The number of ether oxygens (including phenoxy) is 1. The minimum absolute atomic E-state index is 0.458. The summed E-state index contributed by atoms with van der Waals surface area (Å²) in [6.45, 7) is 6.29. The van der Waals surface area contributed by atoms with Gasteiger partial charge in [-0.05, 0) is 39.3 Å². The molecule has 5 nitrogen and oxygen atoms in total. The Bertz CT molecular complexity index is 587. The monoisotopic (exact) mass is 272 g/mol. The fourth-order valence-electron chi connectivity index (χ4n) is 2.81. The summed E-state index contributed by atoms with van der Waals surface area (Å²) in [7, 11) is 0. The van der Waals surface area contributed by atoms with Gasteiger partial charge in [0.1, 0.15) is 6.61 Å². The number of hydrogen-bond acceptors (Lipinski definition) is 5. The second kappa shape index (κ2) is 5.71. The largest absolute Gasteiger partial charge is 0.462 e. The zero-order chi connectivity index (χ0) is 13.9. The molecule has 3 heterocycles. The summed E-state index contributed by atoms with van der Waals surface area (Å²) in [4.78, 5) is 15.2. The van der Waals surface area contributed by atoms with E-state index in [2.05, 4.69) is 33.7 Å².